The first-order valence-corrected chi connectivity index (χ1v) is 11.9. The average molecular weight is 515 g/mol. The van der Waals surface area contributed by atoms with Crippen molar-refractivity contribution in [3.05, 3.63) is 128 Å². The molecule has 0 fully saturated rings. The van der Waals surface area contributed by atoms with Crippen LogP contribution >= 0.6 is 15.9 Å². The number of hydrogen-bond acceptors (Lipinski definition) is 3. The Kier molecular flexibility index (Phi) is 6.27. The minimum atomic E-state index is -0.342. The van der Waals surface area contributed by atoms with E-state index in [0.717, 1.165) is 10.9 Å². The van der Waals surface area contributed by atoms with E-state index in [1.165, 1.54) is 10.1 Å². The molecule has 7 heteroatoms. The van der Waals surface area contributed by atoms with Gasteiger partial charge in [0.05, 0.1) is 22.9 Å². The Hall–Kier alpha value is -3.71. The summed E-state index contributed by atoms with van der Waals surface area (Å²) in [6.07, 6.45) is 6.27. The molecule has 0 amide bonds. The molecule has 0 aliphatic heterocycles. The summed E-state index contributed by atoms with van der Waals surface area (Å²) in [4.78, 5) is 31.3. The van der Waals surface area contributed by atoms with E-state index in [-0.39, 0.29) is 17.2 Å². The van der Waals surface area contributed by atoms with Gasteiger partial charge in [-0.15, -0.1) is 0 Å². The topological polar surface area (TPSA) is 61.8 Å². The molecule has 1 atom stereocenters. The van der Waals surface area contributed by atoms with Crippen molar-refractivity contribution in [3.63, 3.8) is 0 Å². The molecule has 6 nitrogen and oxygen atoms in total. The first kappa shape index (κ1) is 22.1. The number of rotatable bonds is 7. The molecule has 5 aromatic rings. The van der Waals surface area contributed by atoms with Gasteiger partial charge >= 0.3 is 5.69 Å². The Bertz CT molecular complexity index is 1540. The number of fused-ring (bicyclic) bond motifs is 1. The first-order valence-electron chi connectivity index (χ1n) is 11.1. The molecule has 0 aliphatic carbocycles. The van der Waals surface area contributed by atoms with Gasteiger partial charge in [0.15, 0.2) is 0 Å². The van der Waals surface area contributed by atoms with Crippen LogP contribution < -0.4 is 11.2 Å². The Balaban J connectivity index is 1.65. The lowest BCUT2D eigenvalue weighted by Gasteiger charge is -2.21. The number of para-hydroxylation sites is 1. The van der Waals surface area contributed by atoms with Crippen LogP contribution in [0.1, 0.15) is 5.56 Å². The summed E-state index contributed by atoms with van der Waals surface area (Å²) in [6, 6.07) is 24.8. The fourth-order valence-electron chi connectivity index (χ4n) is 4.43. The lowest BCUT2D eigenvalue weighted by Crippen LogP contribution is -2.40. The molecule has 2 aromatic heterocycles. The van der Waals surface area contributed by atoms with Crippen molar-refractivity contribution in [1.29, 1.82) is 0 Å². The Morgan fingerprint density at radius 3 is 2.44 bits per heavy atom. The van der Waals surface area contributed by atoms with Crippen LogP contribution in [-0.4, -0.2) is 18.7 Å². The fourth-order valence-corrected chi connectivity index (χ4v) is 4.81. The third-order valence-corrected chi connectivity index (χ3v) is 6.45. The van der Waals surface area contributed by atoms with Gasteiger partial charge in [0.2, 0.25) is 0 Å². The van der Waals surface area contributed by atoms with Crippen LogP contribution in [0.2, 0.25) is 0 Å². The van der Waals surface area contributed by atoms with Crippen molar-refractivity contribution >= 4 is 26.8 Å². The van der Waals surface area contributed by atoms with Crippen molar-refractivity contribution in [1.82, 2.24) is 18.7 Å². The minimum Gasteiger partial charge on any atom is -0.337 e. The van der Waals surface area contributed by atoms with Crippen LogP contribution in [0.4, 0.5) is 0 Å². The molecule has 0 saturated carbocycles. The second-order valence-corrected chi connectivity index (χ2v) is 9.26. The molecular formula is C27H23BrN4O2. The molecule has 3 aromatic carbocycles. The highest BCUT2D eigenvalue weighted by Gasteiger charge is 2.19. The van der Waals surface area contributed by atoms with E-state index in [9.17, 15) is 9.59 Å². The zero-order valence-corrected chi connectivity index (χ0v) is 20.0. The normalized spacial score (nSPS) is 12.1. The van der Waals surface area contributed by atoms with Crippen LogP contribution in [0.25, 0.3) is 16.6 Å². The predicted molar refractivity (Wildman–Crippen MR) is 137 cm³/mol. The highest BCUT2D eigenvalue weighted by molar-refractivity contribution is 9.10. The van der Waals surface area contributed by atoms with Gasteiger partial charge < -0.3 is 4.57 Å². The fraction of sp³-hybridized carbons (Fsp3) is 0.148. The summed E-state index contributed by atoms with van der Waals surface area (Å²) in [7, 11) is 0. The van der Waals surface area contributed by atoms with Gasteiger partial charge in [0.1, 0.15) is 0 Å². The zero-order valence-electron chi connectivity index (χ0n) is 18.4. The lowest BCUT2D eigenvalue weighted by molar-refractivity contribution is 0.378. The summed E-state index contributed by atoms with van der Waals surface area (Å²) in [5, 5.41) is 0.517. The first-order chi connectivity index (χ1) is 16.6. The summed E-state index contributed by atoms with van der Waals surface area (Å²) < 4.78 is 5.84. The lowest BCUT2D eigenvalue weighted by atomic mass is 9.98. The molecular weight excluding hydrogens is 492 g/mol. The van der Waals surface area contributed by atoms with E-state index in [0.29, 0.717) is 29.7 Å². The van der Waals surface area contributed by atoms with Crippen molar-refractivity contribution in [3.8, 4) is 5.69 Å². The van der Waals surface area contributed by atoms with Crippen LogP contribution in [0.5, 0.6) is 0 Å². The van der Waals surface area contributed by atoms with Gasteiger partial charge in [-0.1, -0.05) is 64.5 Å². The van der Waals surface area contributed by atoms with E-state index < -0.39 is 0 Å². The summed E-state index contributed by atoms with van der Waals surface area (Å²) in [5.41, 5.74) is 1.73. The second-order valence-electron chi connectivity index (χ2n) is 8.35. The maximum absolute atomic E-state index is 13.8. The highest BCUT2D eigenvalue weighted by atomic mass is 79.9. The molecule has 0 bridgehead atoms. The van der Waals surface area contributed by atoms with Crippen molar-refractivity contribution in [2.24, 2.45) is 5.92 Å². The van der Waals surface area contributed by atoms with E-state index in [1.54, 1.807) is 35.3 Å². The van der Waals surface area contributed by atoms with Gasteiger partial charge in [0.25, 0.3) is 5.56 Å². The number of nitrogens with zero attached hydrogens (tertiary/aromatic N) is 4. The third kappa shape index (κ3) is 4.52. The summed E-state index contributed by atoms with van der Waals surface area (Å²) in [6.45, 7) is 1.16. The van der Waals surface area contributed by atoms with Crippen molar-refractivity contribution in [2.75, 3.05) is 0 Å². The van der Waals surface area contributed by atoms with Crippen molar-refractivity contribution < 1.29 is 0 Å². The van der Waals surface area contributed by atoms with Crippen LogP contribution in [-0.2, 0) is 19.5 Å². The average Bonchev–Trinajstić information content (AvgIpc) is 3.36. The van der Waals surface area contributed by atoms with Gasteiger partial charge in [-0.2, -0.15) is 0 Å². The van der Waals surface area contributed by atoms with Gasteiger partial charge in [-0.3, -0.25) is 9.36 Å². The Morgan fingerprint density at radius 2 is 1.68 bits per heavy atom. The molecule has 34 heavy (non-hydrogen) atoms. The quantitative estimate of drug-likeness (QED) is 0.317. The molecule has 0 spiro atoms. The van der Waals surface area contributed by atoms with Gasteiger partial charge in [-0.25, -0.2) is 14.3 Å². The number of imidazole rings is 1. The third-order valence-electron chi connectivity index (χ3n) is 5.95. The monoisotopic (exact) mass is 514 g/mol. The maximum Gasteiger partial charge on any atom is 0.336 e. The molecule has 5 rings (SSSR count). The number of hydrogen-bond donors (Lipinski definition) is 0. The highest BCUT2D eigenvalue weighted by Crippen LogP contribution is 2.18. The number of halogens is 1. The largest absolute Gasteiger partial charge is 0.337 e. The molecule has 0 radical (unpaired) electrons. The Labute approximate surface area is 204 Å². The zero-order chi connectivity index (χ0) is 23.5. The SMILES string of the molecule is O=c1c2ccccc2n(CC(Cc2ccccc2)Cn2ccnc2)c(=O)n1-c1cccc(Br)c1. The number of benzene rings is 3. The molecule has 0 aliphatic rings. The second kappa shape index (κ2) is 9.65. The van der Waals surface area contributed by atoms with Crippen molar-refractivity contribution in [2.45, 2.75) is 19.5 Å². The van der Waals surface area contributed by atoms with E-state index in [4.69, 9.17) is 0 Å². The summed E-state index contributed by atoms with van der Waals surface area (Å²) in [5.74, 6) is 0.103. The maximum atomic E-state index is 13.8. The van der Waals surface area contributed by atoms with Crippen LogP contribution in [0.15, 0.2) is 112 Å². The van der Waals surface area contributed by atoms with Gasteiger partial charge in [0, 0.05) is 30.0 Å². The predicted octanol–water partition coefficient (Wildman–Crippen LogP) is 4.67. The smallest absolute Gasteiger partial charge is 0.336 e. The molecule has 170 valence electrons. The van der Waals surface area contributed by atoms with Crippen LogP contribution in [0, 0.1) is 5.92 Å². The van der Waals surface area contributed by atoms with Crippen LogP contribution in [0.3, 0.4) is 0 Å². The summed E-state index contributed by atoms with van der Waals surface area (Å²) >= 11 is 3.45. The molecule has 2 heterocycles. The van der Waals surface area contributed by atoms with E-state index in [2.05, 4.69) is 33.0 Å². The molecule has 0 saturated heterocycles. The minimum absolute atomic E-state index is 0.103. The molecule has 1 unspecified atom stereocenters. The van der Waals surface area contributed by atoms with E-state index in [1.807, 2.05) is 59.3 Å². The Morgan fingerprint density at radius 1 is 0.882 bits per heavy atom. The van der Waals surface area contributed by atoms with E-state index >= 15 is 0 Å². The standard InChI is InChI=1S/C27H23BrN4O2/c28-22-9-6-10-23(16-22)32-26(33)24-11-4-5-12-25(24)31(27(32)34)18-21(17-30-14-13-29-19-30)15-20-7-2-1-3-8-20/h1-14,16,19,21H,15,17-18H2. The molecule has 0 N–H and O–H groups in total. The number of aromatic nitrogens is 4. The van der Waals surface area contributed by atoms with Gasteiger partial charge in [-0.05, 0) is 48.2 Å².